The first-order valence-electron chi connectivity index (χ1n) is 7.07. The van der Waals surface area contributed by atoms with E-state index in [0.29, 0.717) is 6.04 Å². The third-order valence-corrected chi connectivity index (χ3v) is 3.94. The highest BCUT2D eigenvalue weighted by atomic mass is 16.5. The fraction of sp³-hybridized carbons (Fsp3) is 0.562. The highest BCUT2D eigenvalue weighted by molar-refractivity contribution is 5.78. The van der Waals surface area contributed by atoms with Crippen LogP contribution < -0.4 is 10.1 Å². The van der Waals surface area contributed by atoms with Gasteiger partial charge in [-0.3, -0.25) is 4.79 Å². The van der Waals surface area contributed by atoms with Crippen LogP contribution in [0.4, 0.5) is 0 Å². The van der Waals surface area contributed by atoms with Crippen LogP contribution in [0.1, 0.15) is 42.4 Å². The average molecular weight is 261 g/mol. The van der Waals surface area contributed by atoms with Crippen LogP contribution in [0.15, 0.2) is 12.1 Å². The number of hydrogen-bond acceptors (Lipinski definition) is 2. The molecule has 0 radical (unpaired) electrons. The summed E-state index contributed by atoms with van der Waals surface area (Å²) >= 11 is 0. The Balaban J connectivity index is 1.91. The van der Waals surface area contributed by atoms with Crippen LogP contribution in [0.3, 0.4) is 0 Å². The summed E-state index contributed by atoms with van der Waals surface area (Å²) in [5, 5.41) is 3.04. The van der Waals surface area contributed by atoms with Crippen molar-refractivity contribution in [1.82, 2.24) is 5.32 Å². The number of ether oxygens (including phenoxy) is 1. The second-order valence-corrected chi connectivity index (χ2v) is 5.49. The van der Waals surface area contributed by atoms with Crippen molar-refractivity contribution in [3.05, 3.63) is 28.8 Å². The molecule has 104 valence electrons. The number of nitrogens with one attached hydrogen (secondary N) is 1. The van der Waals surface area contributed by atoms with Crippen LogP contribution in [-0.2, 0) is 4.79 Å². The summed E-state index contributed by atoms with van der Waals surface area (Å²) in [5.41, 5.74) is 3.39. The molecule has 0 heterocycles. The van der Waals surface area contributed by atoms with E-state index in [9.17, 15) is 4.79 Å². The normalized spacial score (nSPS) is 15.5. The molecule has 1 aromatic carbocycles. The lowest BCUT2D eigenvalue weighted by molar-refractivity contribution is -0.123. The van der Waals surface area contributed by atoms with Gasteiger partial charge in [0.1, 0.15) is 5.75 Å². The molecule has 1 aliphatic rings. The lowest BCUT2D eigenvalue weighted by Crippen LogP contribution is -2.36. The standard InChI is InChI=1S/C16H23NO2/c1-11-8-9-12(2)16(13(11)3)19-10-15(18)17-14-6-4-5-7-14/h8-9,14H,4-7,10H2,1-3H3,(H,17,18). The Labute approximate surface area is 115 Å². The Morgan fingerprint density at radius 2 is 1.84 bits per heavy atom. The fourth-order valence-corrected chi connectivity index (χ4v) is 2.62. The lowest BCUT2D eigenvalue weighted by atomic mass is 10.1. The van der Waals surface area contributed by atoms with E-state index in [4.69, 9.17) is 4.74 Å². The van der Waals surface area contributed by atoms with Gasteiger partial charge >= 0.3 is 0 Å². The summed E-state index contributed by atoms with van der Waals surface area (Å²) in [6, 6.07) is 4.47. The maximum Gasteiger partial charge on any atom is 0.258 e. The maximum absolute atomic E-state index is 11.8. The van der Waals surface area contributed by atoms with E-state index in [1.807, 2.05) is 19.9 Å². The molecule has 0 spiro atoms. The molecule has 1 aliphatic carbocycles. The van der Waals surface area contributed by atoms with Gasteiger partial charge in [-0.25, -0.2) is 0 Å². The molecule has 0 unspecified atom stereocenters. The van der Waals surface area contributed by atoms with Gasteiger partial charge in [-0.05, 0) is 50.3 Å². The van der Waals surface area contributed by atoms with Crippen molar-refractivity contribution >= 4 is 5.91 Å². The minimum atomic E-state index is -0.00722. The van der Waals surface area contributed by atoms with E-state index in [0.717, 1.165) is 29.7 Å². The highest BCUT2D eigenvalue weighted by Gasteiger charge is 2.17. The van der Waals surface area contributed by atoms with Crippen LogP contribution in [-0.4, -0.2) is 18.6 Å². The van der Waals surface area contributed by atoms with Crippen LogP contribution in [0.25, 0.3) is 0 Å². The number of aryl methyl sites for hydroxylation is 2. The van der Waals surface area contributed by atoms with Gasteiger partial charge in [0.05, 0.1) is 0 Å². The molecule has 1 saturated carbocycles. The topological polar surface area (TPSA) is 38.3 Å². The van der Waals surface area contributed by atoms with Crippen molar-refractivity contribution in [2.45, 2.75) is 52.5 Å². The Morgan fingerprint density at radius 1 is 1.21 bits per heavy atom. The molecule has 19 heavy (non-hydrogen) atoms. The number of benzene rings is 1. The Morgan fingerprint density at radius 3 is 2.53 bits per heavy atom. The summed E-state index contributed by atoms with van der Waals surface area (Å²) in [6.07, 6.45) is 4.66. The average Bonchev–Trinajstić information content (AvgIpc) is 2.87. The number of carbonyl (C=O) groups excluding carboxylic acids is 1. The van der Waals surface area contributed by atoms with Crippen molar-refractivity contribution in [2.75, 3.05) is 6.61 Å². The van der Waals surface area contributed by atoms with E-state index in [2.05, 4.69) is 18.3 Å². The minimum absolute atomic E-state index is 0.00722. The van der Waals surface area contributed by atoms with Gasteiger partial charge in [0.25, 0.3) is 5.91 Å². The molecule has 1 fully saturated rings. The van der Waals surface area contributed by atoms with Gasteiger partial charge in [-0.2, -0.15) is 0 Å². The van der Waals surface area contributed by atoms with Gasteiger partial charge in [-0.1, -0.05) is 25.0 Å². The van der Waals surface area contributed by atoms with Crippen LogP contribution in [0, 0.1) is 20.8 Å². The molecule has 0 aromatic heterocycles. The summed E-state index contributed by atoms with van der Waals surface area (Å²) < 4.78 is 5.71. The SMILES string of the molecule is Cc1ccc(C)c(OCC(=O)NC2CCCC2)c1C. The first kappa shape index (κ1) is 13.9. The summed E-state index contributed by atoms with van der Waals surface area (Å²) in [5.74, 6) is 0.841. The first-order valence-corrected chi connectivity index (χ1v) is 7.07. The second-order valence-electron chi connectivity index (χ2n) is 5.49. The molecule has 1 N–H and O–H groups in total. The monoisotopic (exact) mass is 261 g/mol. The number of rotatable bonds is 4. The van der Waals surface area contributed by atoms with Gasteiger partial charge < -0.3 is 10.1 Å². The number of hydrogen-bond donors (Lipinski definition) is 1. The van der Waals surface area contributed by atoms with E-state index in [-0.39, 0.29) is 12.5 Å². The maximum atomic E-state index is 11.8. The third kappa shape index (κ3) is 3.49. The molecule has 0 aliphatic heterocycles. The molecule has 1 amide bonds. The lowest BCUT2D eigenvalue weighted by Gasteiger charge is -2.15. The van der Waals surface area contributed by atoms with E-state index < -0.39 is 0 Å². The molecular weight excluding hydrogens is 238 g/mol. The quantitative estimate of drug-likeness (QED) is 0.904. The van der Waals surface area contributed by atoms with Crippen LogP contribution in [0.5, 0.6) is 5.75 Å². The van der Waals surface area contributed by atoms with Crippen LogP contribution in [0.2, 0.25) is 0 Å². The molecule has 2 rings (SSSR count). The molecule has 0 atom stereocenters. The molecular formula is C16H23NO2. The first-order chi connectivity index (χ1) is 9.08. The van der Waals surface area contributed by atoms with E-state index >= 15 is 0 Å². The molecule has 0 saturated heterocycles. The highest BCUT2D eigenvalue weighted by Crippen LogP contribution is 2.25. The van der Waals surface area contributed by atoms with Crippen molar-refractivity contribution in [3.63, 3.8) is 0 Å². The smallest absolute Gasteiger partial charge is 0.258 e. The fourth-order valence-electron chi connectivity index (χ4n) is 2.62. The van der Waals surface area contributed by atoms with Gasteiger partial charge in [0.15, 0.2) is 6.61 Å². The third-order valence-electron chi connectivity index (χ3n) is 3.94. The van der Waals surface area contributed by atoms with Gasteiger partial charge in [0, 0.05) is 6.04 Å². The summed E-state index contributed by atoms with van der Waals surface area (Å²) in [6.45, 7) is 6.21. The number of carbonyl (C=O) groups is 1. The molecule has 3 heteroatoms. The van der Waals surface area contributed by atoms with Gasteiger partial charge in [0.2, 0.25) is 0 Å². The van der Waals surface area contributed by atoms with Crippen molar-refractivity contribution in [1.29, 1.82) is 0 Å². The van der Waals surface area contributed by atoms with Crippen molar-refractivity contribution < 1.29 is 9.53 Å². The Bertz CT molecular complexity index is 462. The van der Waals surface area contributed by atoms with E-state index in [1.165, 1.54) is 18.4 Å². The molecule has 1 aromatic rings. The Hall–Kier alpha value is -1.51. The van der Waals surface area contributed by atoms with Crippen LogP contribution >= 0.6 is 0 Å². The predicted molar refractivity (Wildman–Crippen MR) is 76.5 cm³/mol. The zero-order chi connectivity index (χ0) is 13.8. The zero-order valence-electron chi connectivity index (χ0n) is 12.1. The molecule has 3 nitrogen and oxygen atoms in total. The summed E-state index contributed by atoms with van der Waals surface area (Å²) in [7, 11) is 0. The predicted octanol–water partition coefficient (Wildman–Crippen LogP) is 3.05. The second kappa shape index (κ2) is 6.09. The van der Waals surface area contributed by atoms with E-state index in [1.54, 1.807) is 0 Å². The molecule has 0 bridgehead atoms. The summed E-state index contributed by atoms with van der Waals surface area (Å²) in [4.78, 5) is 11.8. The Kier molecular flexibility index (Phi) is 4.46. The largest absolute Gasteiger partial charge is 0.483 e. The zero-order valence-corrected chi connectivity index (χ0v) is 12.1. The van der Waals surface area contributed by atoms with Crippen molar-refractivity contribution in [3.8, 4) is 5.75 Å². The number of amides is 1. The minimum Gasteiger partial charge on any atom is -0.483 e. The van der Waals surface area contributed by atoms with Crippen molar-refractivity contribution in [2.24, 2.45) is 0 Å². The van der Waals surface area contributed by atoms with Gasteiger partial charge in [-0.15, -0.1) is 0 Å².